The van der Waals surface area contributed by atoms with Crippen molar-refractivity contribution in [2.45, 2.75) is 45.1 Å². The maximum Gasteiger partial charge on any atom is 0.155 e. The molecule has 0 radical (unpaired) electrons. The van der Waals surface area contributed by atoms with Gasteiger partial charge in [-0.1, -0.05) is 18.5 Å². The van der Waals surface area contributed by atoms with Gasteiger partial charge in [-0.3, -0.25) is 0 Å². The van der Waals surface area contributed by atoms with Crippen LogP contribution in [0.1, 0.15) is 44.7 Å². The summed E-state index contributed by atoms with van der Waals surface area (Å²) in [5.41, 5.74) is 9.82. The van der Waals surface area contributed by atoms with Gasteiger partial charge >= 0.3 is 0 Å². The average molecular weight is 385 g/mol. The summed E-state index contributed by atoms with van der Waals surface area (Å²) in [4.78, 5) is 4.44. The first-order chi connectivity index (χ1) is 13.0. The fourth-order valence-electron chi connectivity index (χ4n) is 3.42. The highest BCUT2D eigenvalue weighted by molar-refractivity contribution is 6.32. The molecule has 0 spiro atoms. The fourth-order valence-corrected chi connectivity index (χ4v) is 3.66. The molecule has 0 bridgehead atoms. The molecule has 2 N–H and O–H groups in total. The topological polar surface area (TPSA) is 65.4 Å². The quantitative estimate of drug-likeness (QED) is 0.642. The molecule has 4 rings (SSSR count). The molecule has 1 aromatic carbocycles. The molecule has 142 valence electrons. The van der Waals surface area contributed by atoms with Crippen LogP contribution in [-0.2, 0) is 0 Å². The van der Waals surface area contributed by atoms with Gasteiger partial charge in [0.05, 0.1) is 23.0 Å². The van der Waals surface area contributed by atoms with Gasteiger partial charge < -0.3 is 10.5 Å². The molecule has 1 aliphatic rings. The molecule has 0 amide bonds. The molecule has 1 aliphatic carbocycles. The van der Waals surface area contributed by atoms with Crippen molar-refractivity contribution in [1.29, 1.82) is 0 Å². The van der Waals surface area contributed by atoms with Crippen molar-refractivity contribution in [3.63, 3.8) is 0 Å². The van der Waals surface area contributed by atoms with Gasteiger partial charge in [-0.25, -0.2) is 9.50 Å². The monoisotopic (exact) mass is 384 g/mol. The number of hydrogen-bond donors (Lipinski definition) is 1. The zero-order chi connectivity index (χ0) is 19.0. The molecular weight excluding hydrogens is 360 g/mol. The molecule has 2 aromatic heterocycles. The van der Waals surface area contributed by atoms with E-state index in [-0.39, 0.29) is 6.04 Å². The van der Waals surface area contributed by atoms with Crippen LogP contribution in [0.2, 0.25) is 5.02 Å². The largest absolute Gasteiger partial charge is 0.492 e. The SMILES string of the molecule is CC(N)CC(C)COc1ccc(-c2ccnc3cc(C4CC4)nn23)cc1Cl. The Morgan fingerprint density at radius 1 is 1.26 bits per heavy atom. The van der Waals surface area contributed by atoms with Crippen LogP contribution in [0.4, 0.5) is 0 Å². The lowest BCUT2D eigenvalue weighted by Gasteiger charge is -2.16. The zero-order valence-electron chi connectivity index (χ0n) is 15.7. The number of ether oxygens (including phenoxy) is 1. The van der Waals surface area contributed by atoms with E-state index in [1.54, 1.807) is 0 Å². The van der Waals surface area contributed by atoms with E-state index in [1.165, 1.54) is 12.8 Å². The number of fused-ring (bicyclic) bond motifs is 1. The van der Waals surface area contributed by atoms with Gasteiger partial charge in [-0.05, 0) is 56.4 Å². The number of benzene rings is 1. The van der Waals surface area contributed by atoms with E-state index >= 15 is 0 Å². The molecule has 1 fully saturated rings. The highest BCUT2D eigenvalue weighted by atomic mass is 35.5. The maximum absolute atomic E-state index is 6.49. The van der Waals surface area contributed by atoms with E-state index in [9.17, 15) is 0 Å². The van der Waals surface area contributed by atoms with Crippen LogP contribution in [0.3, 0.4) is 0 Å². The van der Waals surface area contributed by atoms with Crippen molar-refractivity contribution in [2.24, 2.45) is 11.7 Å². The van der Waals surface area contributed by atoms with E-state index < -0.39 is 0 Å². The van der Waals surface area contributed by atoms with Crippen molar-refractivity contribution in [3.05, 3.63) is 47.2 Å². The zero-order valence-corrected chi connectivity index (χ0v) is 16.5. The summed E-state index contributed by atoms with van der Waals surface area (Å²) in [6.45, 7) is 4.75. The maximum atomic E-state index is 6.49. The minimum absolute atomic E-state index is 0.171. The van der Waals surface area contributed by atoms with Crippen molar-refractivity contribution < 1.29 is 4.74 Å². The first-order valence-corrected chi connectivity index (χ1v) is 9.92. The van der Waals surface area contributed by atoms with Gasteiger partial charge in [0.2, 0.25) is 0 Å². The van der Waals surface area contributed by atoms with Crippen LogP contribution in [0.5, 0.6) is 5.75 Å². The molecule has 0 saturated heterocycles. The second-order valence-electron chi connectivity index (χ2n) is 7.72. The lowest BCUT2D eigenvalue weighted by Crippen LogP contribution is -2.21. The minimum atomic E-state index is 0.171. The third kappa shape index (κ3) is 4.09. The molecule has 1 saturated carbocycles. The van der Waals surface area contributed by atoms with E-state index in [2.05, 4.69) is 18.0 Å². The molecule has 5 nitrogen and oxygen atoms in total. The summed E-state index contributed by atoms with van der Waals surface area (Å²) in [7, 11) is 0. The van der Waals surface area contributed by atoms with Gasteiger partial charge in [0.1, 0.15) is 5.75 Å². The summed E-state index contributed by atoms with van der Waals surface area (Å²) >= 11 is 6.49. The summed E-state index contributed by atoms with van der Waals surface area (Å²) in [6, 6.07) is 10.1. The third-order valence-electron chi connectivity index (χ3n) is 4.90. The molecule has 2 unspecified atom stereocenters. The lowest BCUT2D eigenvalue weighted by molar-refractivity contribution is 0.246. The van der Waals surface area contributed by atoms with Crippen LogP contribution >= 0.6 is 11.6 Å². The molecule has 0 aliphatic heterocycles. The van der Waals surface area contributed by atoms with E-state index in [0.29, 0.717) is 29.2 Å². The summed E-state index contributed by atoms with van der Waals surface area (Å²) < 4.78 is 7.81. The Kier molecular flexibility index (Phi) is 5.06. The Labute approximate surface area is 164 Å². The number of rotatable bonds is 7. The number of nitrogens with zero attached hydrogens (tertiary/aromatic N) is 3. The number of aromatic nitrogens is 3. The smallest absolute Gasteiger partial charge is 0.155 e. The van der Waals surface area contributed by atoms with Gasteiger partial charge in [-0.15, -0.1) is 0 Å². The van der Waals surface area contributed by atoms with Crippen LogP contribution < -0.4 is 10.5 Å². The van der Waals surface area contributed by atoms with E-state index in [0.717, 1.165) is 29.0 Å². The average Bonchev–Trinajstić information content (AvgIpc) is 3.38. The Morgan fingerprint density at radius 2 is 2.07 bits per heavy atom. The Bertz CT molecular complexity index is 949. The highest BCUT2D eigenvalue weighted by Gasteiger charge is 2.27. The Morgan fingerprint density at radius 3 is 2.78 bits per heavy atom. The van der Waals surface area contributed by atoms with Gasteiger partial charge in [0.15, 0.2) is 5.65 Å². The van der Waals surface area contributed by atoms with Crippen LogP contribution in [0.15, 0.2) is 36.5 Å². The summed E-state index contributed by atoms with van der Waals surface area (Å²) in [5.74, 6) is 1.67. The standard InChI is InChI=1S/C21H25ClN4O/c1-13(9-14(2)23)12-27-20-6-5-16(10-17(20)22)19-7-8-24-21-11-18(15-3-4-15)25-26(19)21/h5-8,10-11,13-15H,3-4,9,12,23H2,1-2H3. The van der Waals surface area contributed by atoms with Gasteiger partial charge in [0, 0.05) is 29.8 Å². The van der Waals surface area contributed by atoms with Crippen molar-refractivity contribution >= 4 is 17.2 Å². The van der Waals surface area contributed by atoms with Crippen molar-refractivity contribution in [1.82, 2.24) is 14.6 Å². The molecule has 2 heterocycles. The summed E-state index contributed by atoms with van der Waals surface area (Å²) in [6.07, 6.45) is 5.18. The fraction of sp³-hybridized carbons (Fsp3) is 0.429. The number of halogens is 1. The molecule has 6 heteroatoms. The predicted molar refractivity (Wildman–Crippen MR) is 108 cm³/mol. The van der Waals surface area contributed by atoms with Gasteiger partial charge in [-0.2, -0.15) is 5.10 Å². The summed E-state index contributed by atoms with van der Waals surface area (Å²) in [5, 5.41) is 5.36. The van der Waals surface area contributed by atoms with Crippen molar-refractivity contribution in [3.8, 4) is 17.0 Å². The van der Waals surface area contributed by atoms with Crippen LogP contribution in [0, 0.1) is 5.92 Å². The molecular formula is C21H25ClN4O. The number of nitrogens with two attached hydrogens (primary N) is 1. The molecule has 3 aromatic rings. The van der Waals surface area contributed by atoms with Crippen LogP contribution in [-0.4, -0.2) is 27.2 Å². The van der Waals surface area contributed by atoms with E-state index in [4.69, 9.17) is 27.2 Å². The Balaban J connectivity index is 1.56. The lowest BCUT2D eigenvalue weighted by atomic mass is 10.0. The van der Waals surface area contributed by atoms with Gasteiger partial charge in [0.25, 0.3) is 0 Å². The van der Waals surface area contributed by atoms with E-state index in [1.807, 2.05) is 41.9 Å². The third-order valence-corrected chi connectivity index (χ3v) is 5.19. The number of hydrogen-bond acceptors (Lipinski definition) is 4. The van der Waals surface area contributed by atoms with Crippen LogP contribution in [0.25, 0.3) is 16.9 Å². The molecule has 27 heavy (non-hydrogen) atoms. The first kappa shape index (κ1) is 18.3. The molecule has 2 atom stereocenters. The minimum Gasteiger partial charge on any atom is -0.492 e. The normalized spacial score (nSPS) is 16.4. The predicted octanol–water partition coefficient (Wildman–Crippen LogP) is 4.68. The second-order valence-corrected chi connectivity index (χ2v) is 8.13. The Hall–Kier alpha value is -2.11. The van der Waals surface area contributed by atoms with Crippen molar-refractivity contribution in [2.75, 3.05) is 6.61 Å². The first-order valence-electron chi connectivity index (χ1n) is 9.54. The highest BCUT2D eigenvalue weighted by Crippen LogP contribution is 2.40. The second kappa shape index (κ2) is 7.49.